The predicted octanol–water partition coefficient (Wildman–Crippen LogP) is 1.73. The molecule has 0 aromatic carbocycles. The summed E-state index contributed by atoms with van der Waals surface area (Å²) in [6.45, 7) is 6.70. The Kier molecular flexibility index (Phi) is 5.59. The summed E-state index contributed by atoms with van der Waals surface area (Å²) in [6, 6.07) is 0. The van der Waals surface area contributed by atoms with Crippen LogP contribution in [-0.2, 0) is 11.2 Å². The number of carbonyl (C=O) groups excluding carboxylic acids is 1. The highest BCUT2D eigenvalue weighted by atomic mass is 16.5. The van der Waals surface area contributed by atoms with Gasteiger partial charge in [-0.3, -0.25) is 4.79 Å². The Morgan fingerprint density at radius 2 is 2.15 bits per heavy atom. The average molecular weight is 279 g/mol. The second-order valence-electron chi connectivity index (χ2n) is 5.63. The van der Waals surface area contributed by atoms with Gasteiger partial charge in [0.05, 0.1) is 5.69 Å². The van der Waals surface area contributed by atoms with E-state index in [2.05, 4.69) is 15.8 Å². The molecule has 1 fully saturated rings. The fourth-order valence-electron chi connectivity index (χ4n) is 2.78. The van der Waals surface area contributed by atoms with Gasteiger partial charge in [0.2, 0.25) is 5.91 Å². The van der Waals surface area contributed by atoms with E-state index in [0.29, 0.717) is 18.9 Å². The van der Waals surface area contributed by atoms with Crippen LogP contribution < -0.4 is 10.6 Å². The van der Waals surface area contributed by atoms with Crippen molar-refractivity contribution in [3.63, 3.8) is 0 Å². The highest BCUT2D eigenvalue weighted by Crippen LogP contribution is 2.17. The number of hydrogen-bond acceptors (Lipinski definition) is 4. The Balaban J connectivity index is 1.62. The summed E-state index contributed by atoms with van der Waals surface area (Å²) in [5.41, 5.74) is 2.04. The summed E-state index contributed by atoms with van der Waals surface area (Å²) in [5.74, 6) is 1.73. The lowest BCUT2D eigenvalue weighted by molar-refractivity contribution is -0.121. The first-order valence-corrected chi connectivity index (χ1v) is 7.56. The van der Waals surface area contributed by atoms with Gasteiger partial charge in [-0.25, -0.2) is 0 Å². The molecule has 0 saturated carbocycles. The van der Waals surface area contributed by atoms with E-state index in [9.17, 15) is 4.79 Å². The van der Waals surface area contributed by atoms with Crippen LogP contribution in [0.2, 0.25) is 0 Å². The maximum absolute atomic E-state index is 11.8. The lowest BCUT2D eigenvalue weighted by atomic mass is 9.93. The number of carbonyl (C=O) groups is 1. The molecule has 1 aromatic rings. The second-order valence-corrected chi connectivity index (χ2v) is 5.63. The summed E-state index contributed by atoms with van der Waals surface area (Å²) in [5, 5.41) is 10.3. The molecular weight excluding hydrogens is 254 g/mol. The van der Waals surface area contributed by atoms with Crippen molar-refractivity contribution in [1.82, 2.24) is 15.8 Å². The van der Waals surface area contributed by atoms with Crippen LogP contribution >= 0.6 is 0 Å². The molecule has 20 heavy (non-hydrogen) atoms. The van der Waals surface area contributed by atoms with Gasteiger partial charge in [-0.1, -0.05) is 5.16 Å². The van der Waals surface area contributed by atoms with Gasteiger partial charge >= 0.3 is 0 Å². The number of aryl methyl sites for hydroxylation is 2. The number of rotatable bonds is 6. The van der Waals surface area contributed by atoms with Crippen LogP contribution in [0.25, 0.3) is 0 Å². The first-order chi connectivity index (χ1) is 9.66. The van der Waals surface area contributed by atoms with Gasteiger partial charge in [-0.15, -0.1) is 0 Å². The molecule has 1 aromatic heterocycles. The number of nitrogens with one attached hydrogen (secondary N) is 2. The SMILES string of the molecule is Cc1noc(C)c1CCNC(=O)CCC1CCNCC1. The number of hydrogen-bond donors (Lipinski definition) is 2. The zero-order chi connectivity index (χ0) is 14.4. The maximum atomic E-state index is 11.8. The van der Waals surface area contributed by atoms with Crippen LogP contribution in [0, 0.1) is 19.8 Å². The average Bonchev–Trinajstić information content (AvgIpc) is 2.78. The summed E-state index contributed by atoms with van der Waals surface area (Å²) in [6.07, 6.45) is 4.85. The molecule has 1 aliphatic heterocycles. The molecule has 1 amide bonds. The highest BCUT2D eigenvalue weighted by molar-refractivity contribution is 5.75. The minimum Gasteiger partial charge on any atom is -0.361 e. The van der Waals surface area contributed by atoms with Gasteiger partial charge < -0.3 is 15.2 Å². The lowest BCUT2D eigenvalue weighted by Gasteiger charge is -2.22. The molecular formula is C15H25N3O2. The predicted molar refractivity (Wildman–Crippen MR) is 77.5 cm³/mol. The molecule has 2 rings (SSSR count). The summed E-state index contributed by atoms with van der Waals surface area (Å²) >= 11 is 0. The standard InChI is InChI=1S/C15H25N3O2/c1-11-14(12(2)20-18-11)7-10-17-15(19)4-3-13-5-8-16-9-6-13/h13,16H,3-10H2,1-2H3,(H,17,19). The molecule has 0 unspecified atom stereocenters. The van der Waals surface area contributed by atoms with Gasteiger partial charge in [0.1, 0.15) is 5.76 Å². The van der Waals surface area contributed by atoms with Gasteiger partial charge in [-0.05, 0) is 58.5 Å². The Bertz CT molecular complexity index is 417. The first kappa shape index (κ1) is 15.0. The fourth-order valence-corrected chi connectivity index (χ4v) is 2.78. The summed E-state index contributed by atoms with van der Waals surface area (Å²) in [7, 11) is 0. The van der Waals surface area contributed by atoms with Gasteiger partial charge in [0.15, 0.2) is 0 Å². The normalized spacial score (nSPS) is 16.3. The van der Waals surface area contributed by atoms with Crippen LogP contribution in [-0.4, -0.2) is 30.7 Å². The van der Waals surface area contributed by atoms with Crippen LogP contribution in [0.15, 0.2) is 4.52 Å². The second kappa shape index (κ2) is 7.43. The quantitative estimate of drug-likeness (QED) is 0.832. The first-order valence-electron chi connectivity index (χ1n) is 7.56. The zero-order valence-electron chi connectivity index (χ0n) is 12.5. The molecule has 0 radical (unpaired) electrons. The minimum atomic E-state index is 0.162. The number of piperidine rings is 1. The third kappa shape index (κ3) is 4.34. The van der Waals surface area contributed by atoms with Crippen LogP contribution in [0.1, 0.15) is 42.7 Å². The van der Waals surface area contributed by atoms with E-state index in [1.165, 1.54) is 12.8 Å². The maximum Gasteiger partial charge on any atom is 0.220 e. The topological polar surface area (TPSA) is 67.2 Å². The smallest absolute Gasteiger partial charge is 0.220 e. The summed E-state index contributed by atoms with van der Waals surface area (Å²) in [4.78, 5) is 11.8. The van der Waals surface area contributed by atoms with E-state index in [1.807, 2.05) is 13.8 Å². The number of amides is 1. The van der Waals surface area contributed by atoms with E-state index < -0.39 is 0 Å². The van der Waals surface area contributed by atoms with Crippen LogP contribution in [0.4, 0.5) is 0 Å². The fraction of sp³-hybridized carbons (Fsp3) is 0.733. The largest absolute Gasteiger partial charge is 0.361 e. The van der Waals surface area contributed by atoms with E-state index in [-0.39, 0.29) is 5.91 Å². The van der Waals surface area contributed by atoms with Crippen molar-refractivity contribution in [1.29, 1.82) is 0 Å². The van der Waals surface area contributed by atoms with E-state index in [0.717, 1.165) is 42.9 Å². The Labute approximate surface area is 120 Å². The molecule has 0 bridgehead atoms. The Morgan fingerprint density at radius 1 is 1.40 bits per heavy atom. The van der Waals surface area contributed by atoms with Gasteiger partial charge in [0, 0.05) is 18.5 Å². The van der Waals surface area contributed by atoms with Gasteiger partial charge in [-0.2, -0.15) is 0 Å². The van der Waals surface area contributed by atoms with Crippen molar-refractivity contribution in [2.45, 2.75) is 46.0 Å². The van der Waals surface area contributed by atoms with Crippen molar-refractivity contribution in [2.75, 3.05) is 19.6 Å². The molecule has 1 saturated heterocycles. The number of nitrogens with zero attached hydrogens (tertiary/aromatic N) is 1. The molecule has 112 valence electrons. The molecule has 0 spiro atoms. The molecule has 0 aliphatic carbocycles. The van der Waals surface area contributed by atoms with Crippen molar-refractivity contribution >= 4 is 5.91 Å². The zero-order valence-corrected chi connectivity index (χ0v) is 12.5. The molecule has 2 heterocycles. The van der Waals surface area contributed by atoms with Gasteiger partial charge in [0.25, 0.3) is 0 Å². The number of aromatic nitrogens is 1. The Hall–Kier alpha value is -1.36. The molecule has 5 heteroatoms. The van der Waals surface area contributed by atoms with Crippen LogP contribution in [0.5, 0.6) is 0 Å². The lowest BCUT2D eigenvalue weighted by Crippen LogP contribution is -2.30. The van der Waals surface area contributed by atoms with E-state index in [1.54, 1.807) is 0 Å². The van der Waals surface area contributed by atoms with E-state index >= 15 is 0 Å². The van der Waals surface area contributed by atoms with Crippen molar-refractivity contribution in [3.05, 3.63) is 17.0 Å². The monoisotopic (exact) mass is 279 g/mol. The molecule has 2 N–H and O–H groups in total. The summed E-state index contributed by atoms with van der Waals surface area (Å²) < 4.78 is 5.11. The van der Waals surface area contributed by atoms with Crippen molar-refractivity contribution in [2.24, 2.45) is 5.92 Å². The third-order valence-electron chi connectivity index (χ3n) is 4.12. The van der Waals surface area contributed by atoms with Crippen molar-refractivity contribution < 1.29 is 9.32 Å². The highest BCUT2D eigenvalue weighted by Gasteiger charge is 2.14. The molecule has 5 nitrogen and oxygen atoms in total. The Morgan fingerprint density at radius 3 is 2.80 bits per heavy atom. The third-order valence-corrected chi connectivity index (χ3v) is 4.12. The minimum absolute atomic E-state index is 0.162. The molecule has 0 atom stereocenters. The van der Waals surface area contributed by atoms with Crippen molar-refractivity contribution in [3.8, 4) is 0 Å². The molecule has 1 aliphatic rings. The van der Waals surface area contributed by atoms with Crippen LogP contribution in [0.3, 0.4) is 0 Å². The van der Waals surface area contributed by atoms with E-state index in [4.69, 9.17) is 4.52 Å².